The highest BCUT2D eigenvalue weighted by Gasteiger charge is 2.22. The second kappa shape index (κ2) is 5.30. The van der Waals surface area contributed by atoms with Crippen LogP contribution in [0.1, 0.15) is 19.4 Å². The fraction of sp³-hybridized carbons (Fsp3) is 0.231. The summed E-state index contributed by atoms with van der Waals surface area (Å²) in [7, 11) is 0. The molecule has 0 heterocycles. The van der Waals surface area contributed by atoms with Gasteiger partial charge in [-0.1, -0.05) is 30.3 Å². The van der Waals surface area contributed by atoms with E-state index in [-0.39, 0.29) is 5.57 Å². The van der Waals surface area contributed by atoms with Crippen LogP contribution in [0.15, 0.2) is 35.9 Å². The molecular weight excluding hydrogens is 220 g/mol. The van der Waals surface area contributed by atoms with Gasteiger partial charge in [0.25, 0.3) is 0 Å². The Balaban J connectivity index is 3.36. The molecule has 1 rings (SSSR count). The first kappa shape index (κ1) is 13.0. The van der Waals surface area contributed by atoms with Gasteiger partial charge in [-0.3, -0.25) is 4.79 Å². The van der Waals surface area contributed by atoms with Crippen molar-refractivity contribution in [3.63, 3.8) is 0 Å². The van der Waals surface area contributed by atoms with Crippen molar-refractivity contribution in [3.8, 4) is 0 Å². The van der Waals surface area contributed by atoms with Gasteiger partial charge in [0.15, 0.2) is 0 Å². The van der Waals surface area contributed by atoms with Gasteiger partial charge in [-0.2, -0.15) is 0 Å². The van der Waals surface area contributed by atoms with E-state index in [0.717, 1.165) is 0 Å². The highest BCUT2D eigenvalue weighted by atomic mass is 16.4. The van der Waals surface area contributed by atoms with E-state index in [9.17, 15) is 9.59 Å². The first-order valence-electron chi connectivity index (χ1n) is 5.17. The molecule has 0 amide bonds. The number of aliphatic carboxylic acids is 2. The number of hydrogen-bond acceptors (Lipinski definition) is 2. The molecule has 0 saturated heterocycles. The molecule has 2 N–H and O–H groups in total. The molecule has 0 spiro atoms. The van der Waals surface area contributed by atoms with Crippen molar-refractivity contribution in [2.45, 2.75) is 13.8 Å². The van der Waals surface area contributed by atoms with Crippen molar-refractivity contribution in [3.05, 3.63) is 41.5 Å². The number of benzene rings is 1. The molecule has 4 nitrogen and oxygen atoms in total. The number of rotatable bonds is 4. The molecule has 1 aromatic carbocycles. The predicted molar refractivity (Wildman–Crippen MR) is 63.5 cm³/mol. The summed E-state index contributed by atoms with van der Waals surface area (Å²) in [5, 5.41) is 18.0. The van der Waals surface area contributed by atoms with Crippen molar-refractivity contribution in [2.75, 3.05) is 0 Å². The molecule has 0 aliphatic carbocycles. The minimum atomic E-state index is -1.10. The van der Waals surface area contributed by atoms with Crippen molar-refractivity contribution >= 4 is 17.5 Å². The van der Waals surface area contributed by atoms with E-state index in [2.05, 4.69) is 0 Å². The van der Waals surface area contributed by atoms with Crippen LogP contribution in [0, 0.1) is 5.92 Å². The van der Waals surface area contributed by atoms with Crippen molar-refractivity contribution in [1.29, 1.82) is 0 Å². The standard InChI is InChI=1S/C13H14O4/c1-8(12(14)15)11(9(2)13(16)17)10-6-4-3-5-7-10/h3-8H,1-2H3,(H,14,15)(H,16,17)/b11-9+. The van der Waals surface area contributed by atoms with E-state index in [0.29, 0.717) is 11.1 Å². The van der Waals surface area contributed by atoms with E-state index in [1.807, 2.05) is 0 Å². The van der Waals surface area contributed by atoms with Gasteiger partial charge in [0, 0.05) is 5.57 Å². The molecule has 0 bridgehead atoms. The summed E-state index contributed by atoms with van der Waals surface area (Å²) in [5.74, 6) is -2.99. The smallest absolute Gasteiger partial charge is 0.331 e. The quantitative estimate of drug-likeness (QED) is 0.783. The van der Waals surface area contributed by atoms with Gasteiger partial charge < -0.3 is 10.2 Å². The molecule has 0 aromatic heterocycles. The molecule has 90 valence electrons. The summed E-state index contributed by atoms with van der Waals surface area (Å²) in [6.07, 6.45) is 0. The average molecular weight is 234 g/mol. The summed E-state index contributed by atoms with van der Waals surface area (Å²) in [6.45, 7) is 2.90. The van der Waals surface area contributed by atoms with E-state index in [1.54, 1.807) is 30.3 Å². The third-order valence-corrected chi connectivity index (χ3v) is 2.61. The van der Waals surface area contributed by atoms with Crippen LogP contribution in [-0.4, -0.2) is 22.2 Å². The van der Waals surface area contributed by atoms with Gasteiger partial charge in [-0.25, -0.2) is 4.79 Å². The zero-order chi connectivity index (χ0) is 13.0. The molecule has 0 radical (unpaired) electrons. The predicted octanol–water partition coefficient (Wildman–Crippen LogP) is 2.27. The zero-order valence-electron chi connectivity index (χ0n) is 9.68. The van der Waals surface area contributed by atoms with Gasteiger partial charge in [-0.05, 0) is 25.0 Å². The zero-order valence-corrected chi connectivity index (χ0v) is 9.68. The molecule has 1 unspecified atom stereocenters. The summed E-state index contributed by atoms with van der Waals surface area (Å²) in [4.78, 5) is 22.0. The number of carbonyl (C=O) groups is 2. The number of carboxylic acids is 2. The van der Waals surface area contributed by atoms with Crippen LogP contribution in [-0.2, 0) is 9.59 Å². The molecular formula is C13H14O4. The maximum Gasteiger partial charge on any atom is 0.331 e. The fourth-order valence-corrected chi connectivity index (χ4v) is 1.65. The van der Waals surface area contributed by atoms with Crippen molar-refractivity contribution in [2.24, 2.45) is 5.92 Å². The minimum Gasteiger partial charge on any atom is -0.481 e. The van der Waals surface area contributed by atoms with Gasteiger partial charge in [0.05, 0.1) is 5.92 Å². The van der Waals surface area contributed by atoms with Gasteiger partial charge in [0.1, 0.15) is 0 Å². The normalized spacial score (nSPS) is 13.8. The topological polar surface area (TPSA) is 74.6 Å². The van der Waals surface area contributed by atoms with E-state index < -0.39 is 17.9 Å². The lowest BCUT2D eigenvalue weighted by Crippen LogP contribution is -2.15. The van der Waals surface area contributed by atoms with Crippen molar-refractivity contribution in [1.82, 2.24) is 0 Å². The average Bonchev–Trinajstić information content (AvgIpc) is 2.30. The first-order valence-corrected chi connectivity index (χ1v) is 5.17. The largest absolute Gasteiger partial charge is 0.481 e. The molecule has 1 aromatic rings. The summed E-state index contributed by atoms with van der Waals surface area (Å²) >= 11 is 0. The van der Waals surface area contributed by atoms with E-state index in [1.165, 1.54) is 13.8 Å². The SMILES string of the molecule is C/C(C(=O)O)=C(\c1ccccc1)C(C)C(=O)O. The summed E-state index contributed by atoms with van der Waals surface area (Å²) in [6, 6.07) is 8.71. The molecule has 0 aliphatic heterocycles. The van der Waals surface area contributed by atoms with Crippen LogP contribution in [0.3, 0.4) is 0 Å². The Morgan fingerprint density at radius 3 is 2.06 bits per heavy atom. The fourth-order valence-electron chi connectivity index (χ4n) is 1.65. The van der Waals surface area contributed by atoms with Crippen LogP contribution >= 0.6 is 0 Å². The van der Waals surface area contributed by atoms with Crippen LogP contribution in [0.2, 0.25) is 0 Å². The molecule has 0 aliphatic rings. The Bertz CT molecular complexity index is 460. The highest BCUT2D eigenvalue weighted by molar-refractivity contribution is 6.00. The lowest BCUT2D eigenvalue weighted by atomic mass is 9.90. The maximum atomic E-state index is 11.0. The maximum absolute atomic E-state index is 11.0. The Hall–Kier alpha value is -2.10. The second-order valence-electron chi connectivity index (χ2n) is 3.77. The van der Waals surface area contributed by atoms with Gasteiger partial charge in [0.2, 0.25) is 0 Å². The Morgan fingerprint density at radius 2 is 1.65 bits per heavy atom. The number of carboxylic acid groups (broad SMARTS) is 2. The Kier molecular flexibility index (Phi) is 4.04. The van der Waals surface area contributed by atoms with Crippen molar-refractivity contribution < 1.29 is 19.8 Å². The highest BCUT2D eigenvalue weighted by Crippen LogP contribution is 2.27. The monoisotopic (exact) mass is 234 g/mol. The molecule has 0 saturated carbocycles. The first-order chi connectivity index (χ1) is 7.95. The van der Waals surface area contributed by atoms with Crippen LogP contribution in [0.25, 0.3) is 5.57 Å². The van der Waals surface area contributed by atoms with Crippen LogP contribution in [0.5, 0.6) is 0 Å². The third-order valence-electron chi connectivity index (χ3n) is 2.61. The van der Waals surface area contributed by atoms with Gasteiger partial charge >= 0.3 is 11.9 Å². The molecule has 0 fully saturated rings. The van der Waals surface area contributed by atoms with Crippen LogP contribution in [0.4, 0.5) is 0 Å². The minimum absolute atomic E-state index is 0.0612. The Labute approximate surface area is 99.2 Å². The van der Waals surface area contributed by atoms with E-state index >= 15 is 0 Å². The van der Waals surface area contributed by atoms with Crippen LogP contribution < -0.4 is 0 Å². The third kappa shape index (κ3) is 2.93. The van der Waals surface area contributed by atoms with E-state index in [4.69, 9.17) is 10.2 Å². The van der Waals surface area contributed by atoms with Gasteiger partial charge in [-0.15, -0.1) is 0 Å². The molecule has 17 heavy (non-hydrogen) atoms. The second-order valence-corrected chi connectivity index (χ2v) is 3.77. The molecule has 4 heteroatoms. The lowest BCUT2D eigenvalue weighted by Gasteiger charge is -2.14. The Morgan fingerprint density at radius 1 is 1.12 bits per heavy atom. The number of hydrogen-bond donors (Lipinski definition) is 2. The molecule has 1 atom stereocenters. The summed E-state index contributed by atoms with van der Waals surface area (Å²) < 4.78 is 0. The summed E-state index contributed by atoms with van der Waals surface area (Å²) in [5.41, 5.74) is 1.03. The lowest BCUT2D eigenvalue weighted by molar-refractivity contribution is -0.139.